The Morgan fingerprint density at radius 1 is 1.07 bits per heavy atom. The number of phenols is 1. The maximum absolute atomic E-state index is 14.3. The van der Waals surface area contributed by atoms with Gasteiger partial charge in [-0.2, -0.15) is 0 Å². The summed E-state index contributed by atoms with van der Waals surface area (Å²) in [4.78, 5) is 43.5. The lowest BCUT2D eigenvalue weighted by Crippen LogP contribution is -2.63. The summed E-state index contributed by atoms with van der Waals surface area (Å²) in [5.74, 6) is -6.74. The minimum Gasteiger partial charge on any atom is -0.510 e. The van der Waals surface area contributed by atoms with E-state index < -0.39 is 58.0 Å². The molecule has 0 aromatic heterocycles. The predicted molar refractivity (Wildman–Crippen MR) is 175 cm³/mol. The van der Waals surface area contributed by atoms with Crippen molar-refractivity contribution in [3.8, 4) is 5.75 Å². The van der Waals surface area contributed by atoms with Gasteiger partial charge >= 0.3 is 0 Å². The molecule has 0 aliphatic heterocycles. The number of aliphatic hydroxyl groups is 3. The van der Waals surface area contributed by atoms with Crippen molar-refractivity contribution in [2.24, 2.45) is 23.0 Å². The van der Waals surface area contributed by atoms with E-state index in [1.54, 1.807) is 20.2 Å². The number of nitrogens with zero attached hydrogens (tertiary/aromatic N) is 2. The molecular formula is C35H44N4O7. The number of ketones is 2. The Labute approximate surface area is 269 Å². The number of aliphatic hydroxyl groups excluding tert-OH is 2. The lowest BCUT2D eigenvalue weighted by Gasteiger charge is -2.50. The fraction of sp³-hybridized carbons (Fsp3) is 0.457. The van der Waals surface area contributed by atoms with E-state index in [1.165, 1.54) is 4.90 Å². The number of anilines is 2. The van der Waals surface area contributed by atoms with Gasteiger partial charge in [0.1, 0.15) is 22.8 Å². The first-order valence-electron chi connectivity index (χ1n) is 15.4. The van der Waals surface area contributed by atoms with Crippen molar-refractivity contribution >= 4 is 28.8 Å². The third kappa shape index (κ3) is 5.21. The largest absolute Gasteiger partial charge is 0.510 e. The van der Waals surface area contributed by atoms with E-state index in [0.29, 0.717) is 23.5 Å². The lowest BCUT2D eigenvalue weighted by atomic mass is 9.58. The standard InChI is InChI=1S/C35H44N4O7/c1-34(2,3)15-17-10-8-9-11-18(17)16-37-22-14-23(38(4)5)20-12-19-13-21-27(39(6)7)30(42)26(33(36)45)32(44)35(21,46)31(43)24(19)29(41)25(20)28(22)40/h8-11,14,19,21,27,37,40,42-43,46H,12-13,15-16H2,1-7H3,(H2,36,45). The van der Waals surface area contributed by atoms with Gasteiger partial charge in [0.2, 0.25) is 5.78 Å². The molecule has 5 rings (SSSR count). The summed E-state index contributed by atoms with van der Waals surface area (Å²) in [6.07, 6.45) is 1.09. The quantitative estimate of drug-likeness (QED) is 0.196. The molecule has 0 radical (unpaired) electrons. The van der Waals surface area contributed by atoms with Gasteiger partial charge in [-0.25, -0.2) is 0 Å². The van der Waals surface area contributed by atoms with E-state index in [2.05, 4.69) is 32.2 Å². The maximum atomic E-state index is 14.3. The van der Waals surface area contributed by atoms with E-state index in [4.69, 9.17) is 5.73 Å². The molecule has 46 heavy (non-hydrogen) atoms. The van der Waals surface area contributed by atoms with Crippen LogP contribution in [0, 0.1) is 17.3 Å². The number of likely N-dealkylation sites (N-methyl/N-ethyl adjacent to an activating group) is 1. The zero-order chi connectivity index (χ0) is 34.0. The van der Waals surface area contributed by atoms with Crippen molar-refractivity contribution in [3.05, 3.63) is 75.3 Å². The number of carbonyl (C=O) groups is 3. The number of phenolic OH excluding ortho intramolecular Hbond substituents is 1. The van der Waals surface area contributed by atoms with Crippen LogP contribution in [0.25, 0.3) is 0 Å². The van der Waals surface area contributed by atoms with E-state index in [0.717, 1.165) is 17.5 Å². The highest BCUT2D eigenvalue weighted by atomic mass is 16.3. The molecule has 246 valence electrons. The predicted octanol–water partition coefficient (Wildman–Crippen LogP) is 3.39. The number of fused-ring (bicyclic) bond motifs is 3. The van der Waals surface area contributed by atoms with Crippen LogP contribution in [-0.4, -0.2) is 82.6 Å². The Balaban J connectivity index is 1.61. The molecule has 11 heteroatoms. The molecule has 1 amide bonds. The Hall–Kier alpha value is -4.35. The van der Waals surface area contributed by atoms with Crippen molar-refractivity contribution in [1.82, 2.24) is 4.90 Å². The molecule has 3 aliphatic rings. The molecule has 0 bridgehead atoms. The first-order chi connectivity index (χ1) is 21.4. The number of nitrogens with one attached hydrogen (secondary N) is 1. The number of hydrogen-bond acceptors (Lipinski definition) is 10. The van der Waals surface area contributed by atoms with Gasteiger partial charge in [-0.05, 0) is 67.4 Å². The Morgan fingerprint density at radius 3 is 2.26 bits per heavy atom. The van der Waals surface area contributed by atoms with Crippen LogP contribution in [-0.2, 0) is 29.0 Å². The summed E-state index contributed by atoms with van der Waals surface area (Å²) in [6, 6.07) is 8.79. The molecule has 4 unspecified atom stereocenters. The smallest absolute Gasteiger partial charge is 0.255 e. The molecule has 7 N–H and O–H groups in total. The molecule has 0 heterocycles. The molecule has 11 nitrogen and oxygen atoms in total. The van der Waals surface area contributed by atoms with Crippen LogP contribution < -0.4 is 16.0 Å². The van der Waals surface area contributed by atoms with Gasteiger partial charge in [0.25, 0.3) is 5.91 Å². The third-order valence-electron chi connectivity index (χ3n) is 9.49. The van der Waals surface area contributed by atoms with Crippen LogP contribution in [0.15, 0.2) is 53.0 Å². The van der Waals surface area contributed by atoms with Gasteiger partial charge in [-0.15, -0.1) is 0 Å². The second kappa shape index (κ2) is 11.5. The molecule has 4 atom stereocenters. The number of rotatable bonds is 7. The summed E-state index contributed by atoms with van der Waals surface area (Å²) >= 11 is 0. The number of carbonyl (C=O) groups excluding carboxylic acids is 3. The number of amides is 1. The van der Waals surface area contributed by atoms with Crippen molar-refractivity contribution in [2.45, 2.75) is 58.2 Å². The highest BCUT2D eigenvalue weighted by molar-refractivity contribution is 6.25. The SMILES string of the molecule is CN(C)c1cc(NCc2ccccc2CC(C)(C)C)c(O)c2c1CC1CC3C(N(C)C)C(O)=C(C(N)=O)C(=O)C3(O)C(O)=C1C2=O. The van der Waals surface area contributed by atoms with Gasteiger partial charge in [0.05, 0.1) is 17.3 Å². The minimum atomic E-state index is -2.68. The highest BCUT2D eigenvalue weighted by Gasteiger charge is 2.63. The second-order valence-corrected chi connectivity index (χ2v) is 14.4. The van der Waals surface area contributed by atoms with Gasteiger partial charge in [-0.1, -0.05) is 45.0 Å². The number of allylic oxidation sites excluding steroid dienone is 1. The first-order valence-corrected chi connectivity index (χ1v) is 15.4. The molecule has 3 aliphatic carbocycles. The molecule has 0 saturated carbocycles. The second-order valence-electron chi connectivity index (χ2n) is 14.4. The number of benzene rings is 2. The van der Waals surface area contributed by atoms with Crippen molar-refractivity contribution in [2.75, 3.05) is 38.4 Å². The fourth-order valence-corrected chi connectivity index (χ4v) is 7.50. The molecule has 2 aromatic rings. The highest BCUT2D eigenvalue weighted by Crippen LogP contribution is 2.54. The Bertz CT molecular complexity index is 1700. The van der Waals surface area contributed by atoms with Crippen molar-refractivity contribution < 1.29 is 34.8 Å². The van der Waals surface area contributed by atoms with Gasteiger partial charge in [0.15, 0.2) is 11.4 Å². The molecule has 0 saturated heterocycles. The zero-order valence-electron chi connectivity index (χ0n) is 27.4. The lowest BCUT2D eigenvalue weighted by molar-refractivity contribution is -0.148. The van der Waals surface area contributed by atoms with Crippen molar-refractivity contribution in [3.63, 3.8) is 0 Å². The third-order valence-corrected chi connectivity index (χ3v) is 9.49. The molecule has 0 fully saturated rings. The summed E-state index contributed by atoms with van der Waals surface area (Å²) < 4.78 is 0. The summed E-state index contributed by atoms with van der Waals surface area (Å²) in [5, 5.41) is 49.4. The summed E-state index contributed by atoms with van der Waals surface area (Å²) in [7, 11) is 6.87. The first kappa shape index (κ1) is 33.0. The number of nitrogens with two attached hydrogens (primary N) is 1. The normalized spacial score (nSPS) is 24.5. The molecular weight excluding hydrogens is 588 g/mol. The average molecular weight is 633 g/mol. The topological polar surface area (TPSA) is 177 Å². The van der Waals surface area contributed by atoms with Crippen LogP contribution in [0.4, 0.5) is 11.4 Å². The summed E-state index contributed by atoms with van der Waals surface area (Å²) in [6.45, 7) is 6.87. The van der Waals surface area contributed by atoms with Crippen LogP contribution in [0.3, 0.4) is 0 Å². The maximum Gasteiger partial charge on any atom is 0.255 e. The van der Waals surface area contributed by atoms with Gasteiger partial charge in [0, 0.05) is 37.8 Å². The van der Waals surface area contributed by atoms with E-state index >= 15 is 0 Å². The summed E-state index contributed by atoms with van der Waals surface area (Å²) in [5.41, 5.74) is 5.54. The zero-order valence-corrected chi connectivity index (χ0v) is 27.4. The van der Waals surface area contributed by atoms with Gasteiger partial charge < -0.3 is 36.4 Å². The van der Waals surface area contributed by atoms with E-state index in [9.17, 15) is 34.8 Å². The van der Waals surface area contributed by atoms with Crippen LogP contribution in [0.5, 0.6) is 5.75 Å². The van der Waals surface area contributed by atoms with Crippen LogP contribution in [0.1, 0.15) is 54.2 Å². The molecule has 0 spiro atoms. The monoisotopic (exact) mass is 632 g/mol. The van der Waals surface area contributed by atoms with Crippen LogP contribution in [0.2, 0.25) is 0 Å². The number of primary amides is 1. The average Bonchev–Trinajstić information content (AvgIpc) is 2.94. The van der Waals surface area contributed by atoms with Crippen LogP contribution >= 0.6 is 0 Å². The van der Waals surface area contributed by atoms with Gasteiger partial charge in [-0.3, -0.25) is 19.3 Å². The fourth-order valence-electron chi connectivity index (χ4n) is 7.50. The number of Topliss-reactive ketones (excluding diaryl/α,β-unsaturated/α-hetero) is 2. The Morgan fingerprint density at radius 2 is 1.70 bits per heavy atom. The number of aromatic hydroxyl groups is 1. The van der Waals surface area contributed by atoms with E-state index in [1.807, 2.05) is 37.2 Å². The Kier molecular flexibility index (Phi) is 8.23. The molecule has 2 aromatic carbocycles. The van der Waals surface area contributed by atoms with E-state index in [-0.39, 0.29) is 35.1 Å². The number of hydrogen-bond donors (Lipinski definition) is 6. The van der Waals surface area contributed by atoms with Crippen molar-refractivity contribution in [1.29, 1.82) is 0 Å². The minimum absolute atomic E-state index is 0.0301.